The van der Waals surface area contributed by atoms with Crippen molar-refractivity contribution >= 4 is 43.4 Å². The van der Waals surface area contributed by atoms with E-state index in [9.17, 15) is 4.79 Å². The summed E-state index contributed by atoms with van der Waals surface area (Å²) in [4.78, 5) is 22.9. The molecule has 4 aromatic rings. The second-order valence-electron chi connectivity index (χ2n) is 8.14. The third-order valence-corrected chi connectivity index (χ3v) is 7.16. The van der Waals surface area contributed by atoms with Crippen molar-refractivity contribution < 1.29 is 19.0 Å². The fraction of sp³-hybridized carbons (Fsp3) is 0.308. The van der Waals surface area contributed by atoms with Crippen LogP contribution in [0.15, 0.2) is 54.6 Å². The third-order valence-electron chi connectivity index (χ3n) is 6.10. The number of anilines is 1. The Bertz CT molecular complexity index is 1320. The van der Waals surface area contributed by atoms with Gasteiger partial charge in [-0.15, -0.1) is 0 Å². The van der Waals surface area contributed by atoms with Gasteiger partial charge in [-0.3, -0.25) is 14.6 Å². The number of carbonyl (C=O) groups is 1. The van der Waals surface area contributed by atoms with Gasteiger partial charge in [0.1, 0.15) is 11.5 Å². The molecule has 2 heterocycles. The number of amides is 1. The molecule has 176 valence electrons. The van der Waals surface area contributed by atoms with Crippen molar-refractivity contribution in [3.63, 3.8) is 0 Å². The first-order chi connectivity index (χ1) is 16.7. The van der Waals surface area contributed by atoms with Gasteiger partial charge in [-0.05, 0) is 35.0 Å². The van der Waals surface area contributed by atoms with E-state index in [1.54, 1.807) is 19.1 Å². The van der Waals surface area contributed by atoms with Crippen LogP contribution in [0.25, 0.3) is 21.0 Å². The molecule has 8 heteroatoms. The second-order valence-corrected chi connectivity index (χ2v) is 9.15. The molecule has 1 aliphatic heterocycles. The SMILES string of the molecule is COc1ccc2sc(N(CCN3CCOCC3)C(=O)c3cc4ccccc4cc3OC)nc2c1. The van der Waals surface area contributed by atoms with Gasteiger partial charge in [0.25, 0.3) is 5.91 Å². The molecule has 0 unspecified atom stereocenters. The Kier molecular flexibility index (Phi) is 6.62. The molecule has 0 bridgehead atoms. The number of aromatic nitrogens is 1. The van der Waals surface area contributed by atoms with Gasteiger partial charge in [-0.25, -0.2) is 4.98 Å². The number of carbonyl (C=O) groups excluding carboxylic acids is 1. The first-order valence-electron chi connectivity index (χ1n) is 11.3. The van der Waals surface area contributed by atoms with Crippen LogP contribution in [0.1, 0.15) is 10.4 Å². The first kappa shape index (κ1) is 22.6. The lowest BCUT2D eigenvalue weighted by atomic mass is 10.0. The highest BCUT2D eigenvalue weighted by Crippen LogP contribution is 2.34. The Morgan fingerprint density at radius 2 is 1.82 bits per heavy atom. The van der Waals surface area contributed by atoms with E-state index in [2.05, 4.69) is 4.90 Å². The summed E-state index contributed by atoms with van der Waals surface area (Å²) in [6, 6.07) is 17.6. The number of rotatable bonds is 7. The number of morpholine rings is 1. The van der Waals surface area contributed by atoms with Crippen LogP contribution in [-0.2, 0) is 4.74 Å². The third kappa shape index (κ3) is 4.57. The molecular weight excluding hydrogens is 450 g/mol. The van der Waals surface area contributed by atoms with Gasteiger partial charge in [-0.1, -0.05) is 35.6 Å². The van der Waals surface area contributed by atoms with Crippen molar-refractivity contribution in [2.45, 2.75) is 0 Å². The van der Waals surface area contributed by atoms with Gasteiger partial charge in [0.05, 0.1) is 43.2 Å². The number of benzene rings is 3. The molecule has 0 atom stereocenters. The van der Waals surface area contributed by atoms with Crippen LogP contribution in [-0.4, -0.2) is 69.4 Å². The lowest BCUT2D eigenvalue weighted by Crippen LogP contribution is -2.43. The quantitative estimate of drug-likeness (QED) is 0.392. The van der Waals surface area contributed by atoms with Gasteiger partial charge in [0, 0.05) is 32.2 Å². The molecular formula is C26H27N3O4S. The Labute approximate surface area is 202 Å². The predicted octanol–water partition coefficient (Wildman–Crippen LogP) is 4.45. The van der Waals surface area contributed by atoms with Crippen molar-refractivity contribution in [2.75, 3.05) is 58.5 Å². The van der Waals surface area contributed by atoms with E-state index in [1.165, 1.54) is 11.3 Å². The van der Waals surface area contributed by atoms with E-state index in [4.69, 9.17) is 19.2 Å². The second kappa shape index (κ2) is 9.97. The predicted molar refractivity (Wildman–Crippen MR) is 136 cm³/mol. The zero-order valence-corrected chi connectivity index (χ0v) is 20.1. The molecule has 0 N–H and O–H groups in total. The van der Waals surface area contributed by atoms with Crippen molar-refractivity contribution in [2.24, 2.45) is 0 Å². The molecule has 1 fully saturated rings. The van der Waals surface area contributed by atoms with E-state index in [0.717, 1.165) is 46.4 Å². The minimum absolute atomic E-state index is 0.123. The monoisotopic (exact) mass is 477 g/mol. The number of ether oxygens (including phenoxy) is 3. The number of thiazole rings is 1. The van der Waals surface area contributed by atoms with Crippen LogP contribution >= 0.6 is 11.3 Å². The summed E-state index contributed by atoms with van der Waals surface area (Å²) in [5.41, 5.74) is 1.34. The van der Waals surface area contributed by atoms with E-state index in [1.807, 2.05) is 54.6 Å². The van der Waals surface area contributed by atoms with Gasteiger partial charge < -0.3 is 14.2 Å². The van der Waals surface area contributed by atoms with Crippen LogP contribution < -0.4 is 14.4 Å². The maximum absolute atomic E-state index is 14.0. The van der Waals surface area contributed by atoms with Crippen LogP contribution in [0.3, 0.4) is 0 Å². The molecule has 1 saturated heterocycles. The maximum atomic E-state index is 14.0. The van der Waals surface area contributed by atoms with E-state index in [-0.39, 0.29) is 5.91 Å². The summed E-state index contributed by atoms with van der Waals surface area (Å²) in [6.07, 6.45) is 0. The zero-order valence-electron chi connectivity index (χ0n) is 19.3. The highest BCUT2D eigenvalue weighted by molar-refractivity contribution is 7.22. The number of fused-ring (bicyclic) bond motifs is 2. The summed E-state index contributed by atoms with van der Waals surface area (Å²) in [5, 5.41) is 2.69. The maximum Gasteiger partial charge on any atom is 0.263 e. The number of hydrogen-bond donors (Lipinski definition) is 0. The number of hydrogen-bond acceptors (Lipinski definition) is 7. The number of methoxy groups -OCH3 is 2. The first-order valence-corrected chi connectivity index (χ1v) is 12.1. The normalized spacial score (nSPS) is 14.4. The van der Waals surface area contributed by atoms with Crippen molar-refractivity contribution in [1.29, 1.82) is 0 Å². The average molecular weight is 478 g/mol. The molecule has 0 saturated carbocycles. The Balaban J connectivity index is 1.53. The molecule has 1 aliphatic rings. The van der Waals surface area contributed by atoms with Crippen molar-refractivity contribution in [1.82, 2.24) is 9.88 Å². The summed E-state index contributed by atoms with van der Waals surface area (Å²) in [5.74, 6) is 1.18. The molecule has 3 aromatic carbocycles. The summed E-state index contributed by atoms with van der Waals surface area (Å²) < 4.78 is 17.5. The van der Waals surface area contributed by atoms with Gasteiger partial charge >= 0.3 is 0 Å². The largest absolute Gasteiger partial charge is 0.497 e. The smallest absolute Gasteiger partial charge is 0.263 e. The zero-order chi connectivity index (χ0) is 23.5. The topological polar surface area (TPSA) is 64.1 Å². The fourth-order valence-electron chi connectivity index (χ4n) is 4.19. The van der Waals surface area contributed by atoms with Gasteiger partial charge in [0.15, 0.2) is 5.13 Å². The van der Waals surface area contributed by atoms with Gasteiger partial charge in [0.2, 0.25) is 0 Å². The highest BCUT2D eigenvalue weighted by Gasteiger charge is 2.25. The Hall–Kier alpha value is -3.20. The summed E-state index contributed by atoms with van der Waals surface area (Å²) in [7, 11) is 3.24. The minimum Gasteiger partial charge on any atom is -0.497 e. The molecule has 0 aliphatic carbocycles. The average Bonchev–Trinajstić information content (AvgIpc) is 3.31. The van der Waals surface area contributed by atoms with E-state index in [0.29, 0.717) is 36.2 Å². The van der Waals surface area contributed by atoms with E-state index >= 15 is 0 Å². The molecule has 0 radical (unpaired) electrons. The molecule has 34 heavy (non-hydrogen) atoms. The van der Waals surface area contributed by atoms with Crippen LogP contribution in [0.2, 0.25) is 0 Å². The molecule has 0 spiro atoms. The number of nitrogens with zero attached hydrogens (tertiary/aromatic N) is 3. The van der Waals surface area contributed by atoms with Crippen LogP contribution in [0.5, 0.6) is 11.5 Å². The molecule has 7 nitrogen and oxygen atoms in total. The standard InChI is InChI=1S/C26H27N3O4S/c1-31-20-7-8-24-22(17-20)27-26(34-24)29(10-9-28-11-13-33-14-12-28)25(30)21-15-18-5-3-4-6-19(18)16-23(21)32-2/h3-8,15-17H,9-14H2,1-2H3. The lowest BCUT2D eigenvalue weighted by Gasteiger charge is -2.29. The summed E-state index contributed by atoms with van der Waals surface area (Å²) >= 11 is 1.51. The highest BCUT2D eigenvalue weighted by atomic mass is 32.1. The van der Waals surface area contributed by atoms with Crippen LogP contribution in [0.4, 0.5) is 5.13 Å². The minimum atomic E-state index is -0.123. The molecule has 1 amide bonds. The molecule has 5 rings (SSSR count). The van der Waals surface area contributed by atoms with Gasteiger partial charge in [-0.2, -0.15) is 0 Å². The Morgan fingerprint density at radius 1 is 1.06 bits per heavy atom. The lowest BCUT2D eigenvalue weighted by molar-refractivity contribution is 0.0391. The van der Waals surface area contributed by atoms with E-state index < -0.39 is 0 Å². The molecule has 1 aromatic heterocycles. The van der Waals surface area contributed by atoms with Crippen LogP contribution in [0, 0.1) is 0 Å². The van der Waals surface area contributed by atoms with Crippen molar-refractivity contribution in [3.05, 3.63) is 60.2 Å². The fourth-order valence-corrected chi connectivity index (χ4v) is 5.16. The Morgan fingerprint density at radius 3 is 2.56 bits per heavy atom. The van der Waals surface area contributed by atoms with Crippen molar-refractivity contribution in [3.8, 4) is 11.5 Å². The summed E-state index contributed by atoms with van der Waals surface area (Å²) in [6.45, 7) is 4.41.